The van der Waals surface area contributed by atoms with Gasteiger partial charge in [0.25, 0.3) is 0 Å². The van der Waals surface area contributed by atoms with Gasteiger partial charge in [-0.15, -0.1) is 0 Å². The highest BCUT2D eigenvalue weighted by molar-refractivity contribution is 6.18. The number of benzene rings is 8. The molecule has 2 aromatic heterocycles. The maximum Gasteiger partial charge on any atom is 0.0619 e. The van der Waals surface area contributed by atoms with E-state index in [9.17, 15) is 0 Å². The minimum absolute atomic E-state index is 0.0687. The molecule has 0 unspecified atom stereocenters. The van der Waals surface area contributed by atoms with Crippen molar-refractivity contribution in [3.8, 4) is 55.9 Å². The molecule has 0 amide bonds. The third kappa shape index (κ3) is 3.77. The van der Waals surface area contributed by atoms with Gasteiger partial charge < -0.3 is 9.13 Å². The fraction of sp³-hybridized carbons (Fsp3) is 0.0588. The van der Waals surface area contributed by atoms with E-state index in [1.165, 1.54) is 111 Å². The van der Waals surface area contributed by atoms with Crippen molar-refractivity contribution in [2.45, 2.75) is 19.3 Å². The number of para-hydroxylation sites is 3. The SMILES string of the molecule is CC1(C)c2ccccc2-c2cc3c4cc(-c5ccc6c(c5)c5cccc7c5n6-c5ccccc5-c5ccccc5-7)ccc4n(-c4ccccc4)c3cc21. The van der Waals surface area contributed by atoms with Crippen LogP contribution in [0.1, 0.15) is 25.0 Å². The first-order valence-electron chi connectivity index (χ1n) is 18.6. The van der Waals surface area contributed by atoms with Crippen LogP contribution in [0.25, 0.3) is 99.5 Å². The van der Waals surface area contributed by atoms with Crippen molar-refractivity contribution in [3.63, 3.8) is 0 Å². The molecular formula is C51H34N2. The van der Waals surface area contributed by atoms with Crippen LogP contribution in [0.2, 0.25) is 0 Å². The predicted octanol–water partition coefficient (Wildman–Crippen LogP) is 13.5. The largest absolute Gasteiger partial charge is 0.309 e. The Morgan fingerprint density at radius 1 is 0.358 bits per heavy atom. The van der Waals surface area contributed by atoms with Gasteiger partial charge in [-0.2, -0.15) is 0 Å². The average molecular weight is 675 g/mol. The van der Waals surface area contributed by atoms with Gasteiger partial charge in [-0.3, -0.25) is 0 Å². The van der Waals surface area contributed by atoms with E-state index in [1.807, 2.05) is 0 Å². The summed E-state index contributed by atoms with van der Waals surface area (Å²) in [6, 6.07) is 63.4. The molecule has 53 heavy (non-hydrogen) atoms. The van der Waals surface area contributed by atoms with Gasteiger partial charge in [0, 0.05) is 43.8 Å². The number of aromatic nitrogens is 2. The van der Waals surface area contributed by atoms with E-state index in [1.54, 1.807) is 0 Å². The van der Waals surface area contributed by atoms with Crippen LogP contribution >= 0.6 is 0 Å². The highest BCUT2D eigenvalue weighted by atomic mass is 15.0. The van der Waals surface area contributed by atoms with Crippen LogP contribution in [0.15, 0.2) is 170 Å². The Kier molecular flexibility index (Phi) is 5.60. The summed E-state index contributed by atoms with van der Waals surface area (Å²) in [6.45, 7) is 4.74. The molecule has 1 aliphatic heterocycles. The number of hydrogen-bond acceptors (Lipinski definition) is 0. The van der Waals surface area contributed by atoms with Gasteiger partial charge in [0.2, 0.25) is 0 Å². The van der Waals surface area contributed by atoms with Gasteiger partial charge in [-0.25, -0.2) is 0 Å². The average Bonchev–Trinajstić information content (AvgIpc) is 3.76. The number of rotatable bonds is 2. The first-order chi connectivity index (χ1) is 26.1. The smallest absolute Gasteiger partial charge is 0.0619 e. The van der Waals surface area contributed by atoms with Crippen LogP contribution in [0.5, 0.6) is 0 Å². The molecule has 8 aromatic carbocycles. The molecule has 0 spiro atoms. The molecule has 0 bridgehead atoms. The molecule has 0 fully saturated rings. The third-order valence-corrected chi connectivity index (χ3v) is 12.3. The second kappa shape index (κ2) is 10.2. The zero-order chi connectivity index (χ0) is 35.0. The van der Waals surface area contributed by atoms with Crippen molar-refractivity contribution < 1.29 is 0 Å². The van der Waals surface area contributed by atoms with E-state index in [-0.39, 0.29) is 5.41 Å². The Labute approximate surface area is 307 Å². The molecule has 1 aliphatic carbocycles. The second-order valence-electron chi connectivity index (χ2n) is 15.3. The summed E-state index contributed by atoms with van der Waals surface area (Å²) < 4.78 is 4.95. The molecule has 10 aromatic rings. The van der Waals surface area contributed by atoms with Crippen LogP contribution in [0.4, 0.5) is 0 Å². The summed E-state index contributed by atoms with van der Waals surface area (Å²) in [4.78, 5) is 0. The quantitative estimate of drug-likeness (QED) is 0.173. The molecule has 0 saturated heterocycles. The number of hydrogen-bond donors (Lipinski definition) is 0. The molecular weight excluding hydrogens is 641 g/mol. The zero-order valence-corrected chi connectivity index (χ0v) is 29.6. The van der Waals surface area contributed by atoms with Crippen molar-refractivity contribution in [3.05, 3.63) is 181 Å². The topological polar surface area (TPSA) is 9.86 Å². The molecule has 248 valence electrons. The van der Waals surface area contributed by atoms with E-state index in [4.69, 9.17) is 0 Å². The maximum absolute atomic E-state index is 2.50. The Morgan fingerprint density at radius 3 is 1.72 bits per heavy atom. The van der Waals surface area contributed by atoms with Crippen molar-refractivity contribution in [2.24, 2.45) is 0 Å². The predicted molar refractivity (Wildman–Crippen MR) is 223 cm³/mol. The summed E-state index contributed by atoms with van der Waals surface area (Å²) in [5, 5.41) is 5.12. The monoisotopic (exact) mass is 674 g/mol. The lowest BCUT2D eigenvalue weighted by molar-refractivity contribution is 0.661. The van der Waals surface area contributed by atoms with Crippen LogP contribution in [0.3, 0.4) is 0 Å². The van der Waals surface area contributed by atoms with Gasteiger partial charge >= 0.3 is 0 Å². The van der Waals surface area contributed by atoms with Crippen LogP contribution in [-0.4, -0.2) is 9.13 Å². The number of nitrogens with zero attached hydrogens (tertiary/aromatic N) is 2. The molecule has 2 aliphatic rings. The van der Waals surface area contributed by atoms with Crippen LogP contribution < -0.4 is 0 Å². The molecule has 0 saturated carbocycles. The summed E-state index contributed by atoms with van der Waals surface area (Å²) in [6.07, 6.45) is 0. The Morgan fingerprint density at radius 2 is 0.943 bits per heavy atom. The van der Waals surface area contributed by atoms with Gasteiger partial charge in [-0.1, -0.05) is 129 Å². The maximum atomic E-state index is 2.50. The fourth-order valence-electron chi connectivity index (χ4n) is 9.81. The van der Waals surface area contributed by atoms with Gasteiger partial charge in [-0.05, 0) is 99.1 Å². The molecule has 3 heterocycles. The van der Waals surface area contributed by atoms with E-state index >= 15 is 0 Å². The van der Waals surface area contributed by atoms with Crippen molar-refractivity contribution in [1.82, 2.24) is 9.13 Å². The molecule has 0 N–H and O–H groups in total. The first-order valence-corrected chi connectivity index (χ1v) is 18.6. The number of fused-ring (bicyclic) bond motifs is 14. The normalized spacial score (nSPS) is 13.6. The minimum Gasteiger partial charge on any atom is -0.309 e. The fourth-order valence-corrected chi connectivity index (χ4v) is 9.81. The lowest BCUT2D eigenvalue weighted by atomic mass is 9.82. The van der Waals surface area contributed by atoms with Gasteiger partial charge in [0.05, 0.1) is 27.8 Å². The van der Waals surface area contributed by atoms with Crippen molar-refractivity contribution >= 4 is 43.6 Å². The Bertz CT molecular complexity index is 3190. The lowest BCUT2D eigenvalue weighted by Gasteiger charge is -2.21. The molecule has 0 radical (unpaired) electrons. The summed E-state index contributed by atoms with van der Waals surface area (Å²) in [7, 11) is 0. The summed E-state index contributed by atoms with van der Waals surface area (Å²) in [5.41, 5.74) is 20.4. The van der Waals surface area contributed by atoms with Crippen LogP contribution in [0, 0.1) is 0 Å². The lowest BCUT2D eigenvalue weighted by Crippen LogP contribution is -2.14. The molecule has 2 nitrogen and oxygen atoms in total. The Hall–Kier alpha value is -6.64. The second-order valence-corrected chi connectivity index (χ2v) is 15.3. The summed E-state index contributed by atoms with van der Waals surface area (Å²) in [5.74, 6) is 0. The van der Waals surface area contributed by atoms with Gasteiger partial charge in [0.15, 0.2) is 0 Å². The van der Waals surface area contributed by atoms with Crippen molar-refractivity contribution in [2.75, 3.05) is 0 Å². The summed E-state index contributed by atoms with van der Waals surface area (Å²) >= 11 is 0. The molecule has 2 heteroatoms. The zero-order valence-electron chi connectivity index (χ0n) is 29.6. The third-order valence-electron chi connectivity index (χ3n) is 12.3. The van der Waals surface area contributed by atoms with E-state index in [2.05, 4.69) is 193 Å². The Balaban J connectivity index is 1.12. The highest BCUT2D eigenvalue weighted by Gasteiger charge is 2.36. The highest BCUT2D eigenvalue weighted by Crippen LogP contribution is 2.52. The van der Waals surface area contributed by atoms with Crippen molar-refractivity contribution in [1.29, 1.82) is 0 Å². The molecule has 12 rings (SSSR count). The first kappa shape index (κ1) is 29.0. The minimum atomic E-state index is -0.0687. The van der Waals surface area contributed by atoms with E-state index in [0.717, 1.165) is 0 Å². The molecule has 0 atom stereocenters. The van der Waals surface area contributed by atoms with E-state index < -0.39 is 0 Å². The van der Waals surface area contributed by atoms with E-state index in [0.29, 0.717) is 0 Å². The van der Waals surface area contributed by atoms with Gasteiger partial charge in [0.1, 0.15) is 0 Å². The standard InChI is InChI=1S/C51H34N2/c1-51(2)44-21-10-8-17-36(44)40-29-43-42-28-32(23-25-47(42)52(49(43)30-45(40)51)33-13-4-3-5-14-33)31-24-26-48-41(27-31)39-20-12-19-38-35-16-7-6-15-34(35)37-18-9-11-22-46(37)53(48)50(38)39/h3-30H,1-2H3. The van der Waals surface area contributed by atoms with Crippen LogP contribution in [-0.2, 0) is 5.41 Å².